The molecule has 0 bridgehead atoms. The molecule has 1 aliphatic heterocycles. The van der Waals surface area contributed by atoms with Crippen LogP contribution in [-0.4, -0.2) is 83.1 Å². The predicted molar refractivity (Wildman–Crippen MR) is 146 cm³/mol. The number of likely N-dealkylation sites (N-methyl/N-ethyl adjacent to an activating group) is 1. The maximum atomic E-state index is 13.8. The van der Waals surface area contributed by atoms with Crippen LogP contribution in [0.1, 0.15) is 32.1 Å². The highest BCUT2D eigenvalue weighted by atomic mass is 19.4. The number of anilines is 2. The molecule has 0 radical (unpaired) electrons. The fourth-order valence-corrected chi connectivity index (χ4v) is 4.20. The van der Waals surface area contributed by atoms with Gasteiger partial charge in [0.1, 0.15) is 5.69 Å². The zero-order valence-corrected chi connectivity index (χ0v) is 23.3. The van der Waals surface area contributed by atoms with Gasteiger partial charge in [-0.3, -0.25) is 14.4 Å². The molecule has 45 heavy (non-hydrogen) atoms. The Morgan fingerprint density at radius 3 is 2.20 bits per heavy atom. The Kier molecular flexibility index (Phi) is 10.6. The second kappa shape index (κ2) is 13.8. The van der Waals surface area contributed by atoms with Crippen molar-refractivity contribution in [2.45, 2.75) is 18.8 Å². The standard InChI is InChI=1S/C25H25F3N6O4.C2HF3O2/c1-32(20(36)14-30-10-12-35)16-5-7-17(8-6-16)33-11-9-19-21(24(33)38)34(31-22(19)25(26,27)28)18-4-2-3-15(13-18)23(29)37;3-2(4,5)1(6)7/h2-8,13,30,35H,9-12,14H2,1H3,(H2,29,37);(H,6,7). The van der Waals surface area contributed by atoms with Crippen molar-refractivity contribution >= 4 is 35.1 Å². The third-order valence-corrected chi connectivity index (χ3v) is 6.39. The molecule has 3 amide bonds. The largest absolute Gasteiger partial charge is 0.490 e. The second-order valence-electron chi connectivity index (χ2n) is 9.38. The van der Waals surface area contributed by atoms with Gasteiger partial charge in [0.2, 0.25) is 11.8 Å². The average molecular weight is 645 g/mol. The van der Waals surface area contributed by atoms with Crippen LogP contribution in [0.5, 0.6) is 0 Å². The normalized spacial score (nSPS) is 13.1. The monoisotopic (exact) mass is 644 g/mol. The molecule has 0 unspecified atom stereocenters. The Balaban J connectivity index is 0.000000707. The molecule has 3 aromatic rings. The number of benzene rings is 2. The summed E-state index contributed by atoms with van der Waals surface area (Å²) in [4.78, 5) is 49.1. The Morgan fingerprint density at radius 2 is 1.67 bits per heavy atom. The number of carbonyl (C=O) groups is 4. The zero-order chi connectivity index (χ0) is 33.7. The minimum absolute atomic E-state index is 0.0128. The molecule has 5 N–H and O–H groups in total. The summed E-state index contributed by atoms with van der Waals surface area (Å²) in [5.74, 6) is -4.46. The highest BCUT2D eigenvalue weighted by molar-refractivity contribution is 6.08. The Morgan fingerprint density at radius 1 is 1.04 bits per heavy atom. The number of aliphatic carboxylic acids is 1. The number of nitrogens with one attached hydrogen (secondary N) is 1. The third-order valence-electron chi connectivity index (χ3n) is 6.39. The van der Waals surface area contributed by atoms with E-state index in [1.54, 1.807) is 31.3 Å². The van der Waals surface area contributed by atoms with Crippen LogP contribution in [0, 0.1) is 0 Å². The second-order valence-corrected chi connectivity index (χ2v) is 9.38. The Labute approximate surface area is 250 Å². The third kappa shape index (κ3) is 8.15. The molecule has 2 aromatic carbocycles. The van der Waals surface area contributed by atoms with E-state index >= 15 is 0 Å². The van der Waals surface area contributed by atoms with Crippen LogP contribution in [0.2, 0.25) is 0 Å². The van der Waals surface area contributed by atoms with E-state index in [4.69, 9.17) is 20.7 Å². The summed E-state index contributed by atoms with van der Waals surface area (Å²) in [5, 5.41) is 22.5. The summed E-state index contributed by atoms with van der Waals surface area (Å²) in [5.41, 5.74) is 4.81. The van der Waals surface area contributed by atoms with Crippen LogP contribution < -0.4 is 20.9 Å². The number of aliphatic hydroxyl groups excluding tert-OH is 1. The van der Waals surface area contributed by atoms with E-state index in [9.17, 15) is 40.7 Å². The number of carboxylic acids is 1. The van der Waals surface area contributed by atoms with Crippen molar-refractivity contribution in [2.24, 2.45) is 5.73 Å². The molecule has 18 heteroatoms. The molecule has 2 heterocycles. The quantitative estimate of drug-likeness (QED) is 0.214. The van der Waals surface area contributed by atoms with Crippen molar-refractivity contribution in [1.29, 1.82) is 0 Å². The lowest BCUT2D eigenvalue weighted by Gasteiger charge is -2.28. The van der Waals surface area contributed by atoms with Crippen molar-refractivity contribution in [1.82, 2.24) is 15.1 Å². The number of nitrogens with zero attached hydrogens (tertiary/aromatic N) is 4. The van der Waals surface area contributed by atoms with E-state index in [1.807, 2.05) is 0 Å². The molecular weight excluding hydrogens is 618 g/mol. The fraction of sp³-hybridized carbons (Fsp3) is 0.296. The molecule has 0 fully saturated rings. The Bertz CT molecular complexity index is 1570. The first-order valence-corrected chi connectivity index (χ1v) is 12.9. The number of halogens is 6. The molecule has 242 valence electrons. The number of fused-ring (bicyclic) bond motifs is 1. The zero-order valence-electron chi connectivity index (χ0n) is 23.3. The van der Waals surface area contributed by atoms with Crippen molar-refractivity contribution in [3.63, 3.8) is 0 Å². The van der Waals surface area contributed by atoms with Crippen molar-refractivity contribution in [3.8, 4) is 5.69 Å². The van der Waals surface area contributed by atoms with Crippen LogP contribution in [0.4, 0.5) is 37.7 Å². The molecule has 0 spiro atoms. The molecule has 0 atom stereocenters. The van der Waals surface area contributed by atoms with Gasteiger partial charge in [0.25, 0.3) is 5.91 Å². The maximum absolute atomic E-state index is 13.8. The molecule has 12 nitrogen and oxygen atoms in total. The van der Waals surface area contributed by atoms with E-state index in [2.05, 4.69) is 10.4 Å². The van der Waals surface area contributed by atoms with E-state index < -0.39 is 35.8 Å². The number of carboxylic acid groups (broad SMARTS) is 1. The minimum Gasteiger partial charge on any atom is -0.475 e. The van der Waals surface area contributed by atoms with Gasteiger partial charge in [0.15, 0.2) is 5.69 Å². The first-order chi connectivity index (χ1) is 21.0. The van der Waals surface area contributed by atoms with Crippen LogP contribution in [0.3, 0.4) is 0 Å². The van der Waals surface area contributed by atoms with Gasteiger partial charge in [0, 0.05) is 42.6 Å². The van der Waals surface area contributed by atoms with Crippen molar-refractivity contribution in [3.05, 3.63) is 71.0 Å². The first kappa shape index (κ1) is 34.5. The fourth-order valence-electron chi connectivity index (χ4n) is 4.20. The van der Waals surface area contributed by atoms with Gasteiger partial charge in [0.05, 0.1) is 18.8 Å². The van der Waals surface area contributed by atoms with Gasteiger partial charge < -0.3 is 31.1 Å². The number of alkyl halides is 6. The van der Waals surface area contributed by atoms with Crippen LogP contribution in [-0.2, 0) is 22.2 Å². The highest BCUT2D eigenvalue weighted by Crippen LogP contribution is 2.37. The number of amides is 3. The summed E-state index contributed by atoms with van der Waals surface area (Å²) >= 11 is 0. The molecule has 0 aliphatic carbocycles. The molecule has 1 aliphatic rings. The highest BCUT2D eigenvalue weighted by Gasteiger charge is 2.43. The van der Waals surface area contributed by atoms with E-state index in [0.29, 0.717) is 11.4 Å². The van der Waals surface area contributed by atoms with Crippen molar-refractivity contribution in [2.75, 3.05) is 43.1 Å². The summed E-state index contributed by atoms with van der Waals surface area (Å²) in [6.45, 7) is 0.185. The van der Waals surface area contributed by atoms with Gasteiger partial charge >= 0.3 is 18.3 Å². The average Bonchev–Trinajstić information content (AvgIpc) is 3.38. The number of primary amides is 1. The molecule has 1 aromatic heterocycles. The number of carbonyl (C=O) groups excluding carboxylic acids is 3. The lowest BCUT2D eigenvalue weighted by molar-refractivity contribution is -0.192. The van der Waals surface area contributed by atoms with E-state index in [1.165, 1.54) is 34.1 Å². The minimum atomic E-state index is -5.08. The van der Waals surface area contributed by atoms with E-state index in [-0.39, 0.29) is 61.1 Å². The van der Waals surface area contributed by atoms with Gasteiger partial charge in [-0.25, -0.2) is 9.48 Å². The maximum Gasteiger partial charge on any atom is 0.490 e. The number of aromatic nitrogens is 2. The summed E-state index contributed by atoms with van der Waals surface area (Å²) < 4.78 is 74.1. The van der Waals surface area contributed by atoms with Gasteiger partial charge in [-0.2, -0.15) is 31.4 Å². The molecule has 0 saturated carbocycles. The van der Waals surface area contributed by atoms with E-state index in [0.717, 1.165) is 4.68 Å². The first-order valence-electron chi connectivity index (χ1n) is 12.9. The number of hydrogen-bond donors (Lipinski definition) is 4. The SMILES string of the molecule is CN(C(=O)CNCCO)c1ccc(N2CCc3c(C(F)(F)F)nn(-c4cccc(C(N)=O)c4)c3C2=O)cc1.O=C(O)C(F)(F)F. The smallest absolute Gasteiger partial charge is 0.475 e. The number of nitrogens with two attached hydrogens (primary N) is 1. The number of rotatable bonds is 8. The summed E-state index contributed by atoms with van der Waals surface area (Å²) in [6, 6.07) is 12.0. The van der Waals surface area contributed by atoms with Crippen LogP contribution >= 0.6 is 0 Å². The predicted octanol–water partition coefficient (Wildman–Crippen LogP) is 2.37. The number of aliphatic hydroxyl groups is 1. The van der Waals surface area contributed by atoms with Crippen LogP contribution in [0.15, 0.2) is 48.5 Å². The van der Waals surface area contributed by atoms with Crippen molar-refractivity contribution < 1.29 is 55.7 Å². The summed E-state index contributed by atoms with van der Waals surface area (Å²) in [7, 11) is 1.58. The van der Waals surface area contributed by atoms with Gasteiger partial charge in [-0.15, -0.1) is 0 Å². The molecule has 0 saturated heterocycles. The van der Waals surface area contributed by atoms with Gasteiger partial charge in [-0.1, -0.05) is 6.07 Å². The lowest BCUT2D eigenvalue weighted by Crippen LogP contribution is -2.39. The molecule has 4 rings (SSSR count). The Hall–Kier alpha value is -4.97. The summed E-state index contributed by atoms with van der Waals surface area (Å²) in [6.07, 6.45) is -9.97. The molecular formula is C27H26F6N6O6. The van der Waals surface area contributed by atoms with Crippen LogP contribution in [0.25, 0.3) is 5.69 Å². The van der Waals surface area contributed by atoms with Gasteiger partial charge in [-0.05, 0) is 48.9 Å². The number of hydrogen-bond acceptors (Lipinski definition) is 7. The lowest BCUT2D eigenvalue weighted by atomic mass is 10.0. The topological polar surface area (TPSA) is 171 Å².